The number of non-ortho nitro benzene ring substituents is 1. The minimum Gasteiger partial charge on any atom is -0.444 e. The van der Waals surface area contributed by atoms with Gasteiger partial charge in [0.25, 0.3) is 5.69 Å². The monoisotopic (exact) mass is 479 g/mol. The second kappa shape index (κ2) is 12.5. The molecular formula is C21H29N5O8. The second-order valence-corrected chi connectivity index (χ2v) is 8.17. The molecule has 1 heterocycles. The number of carbonyl (C=O) groups is 2. The molecule has 2 N–H and O–H groups in total. The number of aromatic nitrogens is 2. The lowest BCUT2D eigenvalue weighted by Crippen LogP contribution is -2.37. The van der Waals surface area contributed by atoms with Crippen molar-refractivity contribution in [1.82, 2.24) is 20.8 Å². The summed E-state index contributed by atoms with van der Waals surface area (Å²) < 4.78 is 21.1. The first-order valence-electron chi connectivity index (χ1n) is 10.7. The van der Waals surface area contributed by atoms with E-state index in [1.54, 1.807) is 20.8 Å². The van der Waals surface area contributed by atoms with E-state index in [0.29, 0.717) is 6.61 Å². The first-order chi connectivity index (χ1) is 16.1. The van der Waals surface area contributed by atoms with Gasteiger partial charge >= 0.3 is 12.2 Å². The number of hydrogen-bond acceptors (Lipinski definition) is 10. The lowest BCUT2D eigenvalue weighted by atomic mass is 10.2. The van der Waals surface area contributed by atoms with Crippen LogP contribution in [0.25, 0.3) is 0 Å². The number of amides is 2. The smallest absolute Gasteiger partial charge is 0.413 e. The number of nitrogens with one attached hydrogen (secondary N) is 2. The Balaban J connectivity index is 1.94. The summed E-state index contributed by atoms with van der Waals surface area (Å²) >= 11 is 0. The number of carbonyl (C=O) groups excluding carboxylic acids is 2. The maximum atomic E-state index is 12.2. The number of alkyl carbamates (subject to hydrolysis) is 1. The van der Waals surface area contributed by atoms with E-state index in [1.165, 1.54) is 24.3 Å². The molecule has 2 aromatic rings. The Bertz CT molecular complexity index is 955. The molecule has 2 amide bonds. The fourth-order valence-corrected chi connectivity index (χ4v) is 2.49. The summed E-state index contributed by atoms with van der Waals surface area (Å²) in [5.74, 6) is 0.350. The van der Waals surface area contributed by atoms with Crippen LogP contribution in [0.5, 0.6) is 5.75 Å². The summed E-state index contributed by atoms with van der Waals surface area (Å²) in [4.78, 5) is 38.5. The first kappa shape index (κ1) is 26.5. The van der Waals surface area contributed by atoms with Crippen LogP contribution >= 0.6 is 0 Å². The molecule has 0 radical (unpaired) electrons. The zero-order valence-electron chi connectivity index (χ0n) is 19.5. The van der Waals surface area contributed by atoms with Crippen LogP contribution in [0.4, 0.5) is 15.3 Å². The summed E-state index contributed by atoms with van der Waals surface area (Å²) in [7, 11) is 0. The fraction of sp³-hybridized carbons (Fsp3) is 0.524. The van der Waals surface area contributed by atoms with Gasteiger partial charge in [-0.3, -0.25) is 10.1 Å². The van der Waals surface area contributed by atoms with Crippen molar-refractivity contribution in [2.45, 2.75) is 58.7 Å². The molecule has 0 aliphatic heterocycles. The second-order valence-electron chi connectivity index (χ2n) is 8.17. The molecule has 0 aliphatic carbocycles. The molecule has 1 unspecified atom stereocenters. The fourth-order valence-electron chi connectivity index (χ4n) is 2.49. The van der Waals surface area contributed by atoms with E-state index in [0.717, 1.165) is 12.8 Å². The summed E-state index contributed by atoms with van der Waals surface area (Å²) in [5, 5.41) is 19.6. The van der Waals surface area contributed by atoms with Crippen LogP contribution in [0.2, 0.25) is 0 Å². The number of rotatable bonds is 11. The van der Waals surface area contributed by atoms with Gasteiger partial charge < -0.3 is 29.4 Å². The van der Waals surface area contributed by atoms with Gasteiger partial charge in [-0.15, -0.1) is 0 Å². The molecule has 1 aromatic heterocycles. The molecule has 34 heavy (non-hydrogen) atoms. The van der Waals surface area contributed by atoms with E-state index in [2.05, 4.69) is 20.8 Å². The largest absolute Gasteiger partial charge is 0.444 e. The number of hydrogen-bond donors (Lipinski definition) is 2. The lowest BCUT2D eigenvalue weighted by Gasteiger charge is -2.22. The molecule has 13 heteroatoms. The molecule has 13 nitrogen and oxygen atoms in total. The SMILES string of the molecule is CCCCOCC(NC(=O)OC(C)(C)C)c1noc(CNC(=O)Oc2ccc([N+](=O)[O-])cc2)n1. The van der Waals surface area contributed by atoms with Crippen LogP contribution in [0.3, 0.4) is 0 Å². The number of unbranched alkanes of at least 4 members (excludes halogenated alkanes) is 1. The third-order valence-electron chi connectivity index (χ3n) is 4.06. The number of ether oxygens (including phenoxy) is 3. The molecule has 0 saturated carbocycles. The van der Waals surface area contributed by atoms with Gasteiger partial charge in [-0.05, 0) is 39.3 Å². The Morgan fingerprint density at radius 3 is 2.53 bits per heavy atom. The summed E-state index contributed by atoms with van der Waals surface area (Å²) in [6.45, 7) is 7.73. The molecule has 1 atom stereocenters. The Kier molecular flexibility index (Phi) is 9.74. The standard InChI is InChI=1S/C21H29N5O8/c1-5-6-11-31-13-16(23-20(28)33-21(2,3)4)18-24-17(34-25-18)12-22-19(27)32-15-9-7-14(8-10-15)26(29)30/h7-10,16H,5-6,11-13H2,1-4H3,(H,22,27)(H,23,28). The molecular weight excluding hydrogens is 450 g/mol. The van der Waals surface area contributed by atoms with E-state index in [4.69, 9.17) is 18.7 Å². The van der Waals surface area contributed by atoms with Crippen molar-refractivity contribution >= 4 is 17.9 Å². The normalized spacial score (nSPS) is 12.0. The Morgan fingerprint density at radius 1 is 1.21 bits per heavy atom. The average molecular weight is 479 g/mol. The zero-order valence-corrected chi connectivity index (χ0v) is 19.5. The number of nitro benzene ring substituents is 1. The van der Waals surface area contributed by atoms with Crippen molar-refractivity contribution in [2.75, 3.05) is 13.2 Å². The predicted octanol–water partition coefficient (Wildman–Crippen LogP) is 3.65. The van der Waals surface area contributed by atoms with E-state index < -0.39 is 28.8 Å². The highest BCUT2D eigenvalue weighted by molar-refractivity contribution is 5.70. The third kappa shape index (κ3) is 9.40. The molecule has 0 spiro atoms. The van der Waals surface area contributed by atoms with E-state index in [1.807, 2.05) is 6.92 Å². The van der Waals surface area contributed by atoms with Gasteiger partial charge in [0.2, 0.25) is 5.89 Å². The predicted molar refractivity (Wildman–Crippen MR) is 118 cm³/mol. The van der Waals surface area contributed by atoms with Crippen LogP contribution < -0.4 is 15.4 Å². The molecule has 0 saturated heterocycles. The van der Waals surface area contributed by atoms with E-state index in [9.17, 15) is 19.7 Å². The number of nitro groups is 1. The highest BCUT2D eigenvalue weighted by Crippen LogP contribution is 2.17. The van der Waals surface area contributed by atoms with Crippen LogP contribution in [0.15, 0.2) is 28.8 Å². The van der Waals surface area contributed by atoms with Gasteiger partial charge in [0.05, 0.1) is 11.5 Å². The quantitative estimate of drug-likeness (QED) is 0.276. The van der Waals surface area contributed by atoms with Crippen molar-refractivity contribution in [2.24, 2.45) is 0 Å². The van der Waals surface area contributed by atoms with Crippen molar-refractivity contribution in [3.05, 3.63) is 46.1 Å². The van der Waals surface area contributed by atoms with Crippen LogP contribution in [-0.2, 0) is 16.0 Å². The van der Waals surface area contributed by atoms with Crippen molar-refractivity contribution in [1.29, 1.82) is 0 Å². The first-order valence-corrected chi connectivity index (χ1v) is 10.7. The summed E-state index contributed by atoms with van der Waals surface area (Å²) in [6.07, 6.45) is 0.336. The zero-order chi connectivity index (χ0) is 25.1. The topological polar surface area (TPSA) is 168 Å². The summed E-state index contributed by atoms with van der Waals surface area (Å²) in [5.41, 5.74) is -0.812. The van der Waals surface area contributed by atoms with Crippen molar-refractivity contribution in [3.63, 3.8) is 0 Å². The Labute approximate surface area is 196 Å². The molecule has 1 aromatic carbocycles. The molecule has 0 aliphatic rings. The van der Waals surface area contributed by atoms with Crippen molar-refractivity contribution < 1.29 is 33.2 Å². The van der Waals surface area contributed by atoms with Crippen molar-refractivity contribution in [3.8, 4) is 5.75 Å². The molecule has 186 valence electrons. The molecule has 0 bridgehead atoms. The van der Waals surface area contributed by atoms with E-state index >= 15 is 0 Å². The van der Waals surface area contributed by atoms with Gasteiger partial charge in [0, 0.05) is 18.7 Å². The van der Waals surface area contributed by atoms with Crippen LogP contribution in [0.1, 0.15) is 58.3 Å². The van der Waals surface area contributed by atoms with Gasteiger partial charge in [-0.2, -0.15) is 4.98 Å². The maximum absolute atomic E-state index is 12.2. The number of benzene rings is 1. The summed E-state index contributed by atoms with van der Waals surface area (Å²) in [6, 6.07) is 4.30. The Morgan fingerprint density at radius 2 is 1.91 bits per heavy atom. The highest BCUT2D eigenvalue weighted by atomic mass is 16.6. The van der Waals surface area contributed by atoms with Gasteiger partial charge in [0.15, 0.2) is 5.82 Å². The minimum absolute atomic E-state index is 0.0696. The van der Waals surface area contributed by atoms with E-state index in [-0.39, 0.29) is 36.3 Å². The molecule has 0 fully saturated rings. The van der Waals surface area contributed by atoms with Crippen LogP contribution in [0, 0.1) is 10.1 Å². The van der Waals surface area contributed by atoms with Gasteiger partial charge in [-0.1, -0.05) is 18.5 Å². The van der Waals surface area contributed by atoms with Gasteiger partial charge in [-0.25, -0.2) is 9.59 Å². The highest BCUT2D eigenvalue weighted by Gasteiger charge is 2.24. The average Bonchev–Trinajstić information content (AvgIpc) is 3.22. The van der Waals surface area contributed by atoms with Gasteiger partial charge in [0.1, 0.15) is 23.9 Å². The lowest BCUT2D eigenvalue weighted by molar-refractivity contribution is -0.384. The maximum Gasteiger partial charge on any atom is 0.413 e. The minimum atomic E-state index is -0.820. The Hall–Kier alpha value is -3.74. The van der Waals surface area contributed by atoms with Crippen LogP contribution in [-0.4, -0.2) is 46.1 Å². The number of nitrogens with zero attached hydrogens (tertiary/aromatic N) is 3. The third-order valence-corrected chi connectivity index (χ3v) is 4.06. The molecule has 2 rings (SSSR count).